The van der Waals surface area contributed by atoms with E-state index in [0.717, 1.165) is 17.1 Å². The van der Waals surface area contributed by atoms with Crippen molar-refractivity contribution in [1.29, 1.82) is 5.26 Å². The molecule has 0 atom stereocenters. The van der Waals surface area contributed by atoms with E-state index < -0.39 is 0 Å². The number of hydrogen-bond donors (Lipinski definition) is 2. The van der Waals surface area contributed by atoms with Crippen molar-refractivity contribution in [2.24, 2.45) is 5.84 Å². The maximum absolute atomic E-state index is 9.01. The molecule has 0 bridgehead atoms. The molecule has 0 radical (unpaired) electrons. The molecule has 0 saturated carbocycles. The predicted molar refractivity (Wildman–Crippen MR) is 83.2 cm³/mol. The van der Waals surface area contributed by atoms with Gasteiger partial charge in [-0.1, -0.05) is 13.0 Å². The molecule has 0 unspecified atom stereocenters. The number of nitrogen functional groups attached to an aromatic ring is 1. The van der Waals surface area contributed by atoms with Gasteiger partial charge >= 0.3 is 0 Å². The number of nitrogens with two attached hydrogens (primary N) is 1. The standard InChI is InChI=1S/C15H18N6/c1-4-13-18-14(20-17)10(2)15(19-13)21(3)12-7-5-6-11(8-12)9-16/h5-8H,4,17H2,1-3H3,(H,18,19,20). The van der Waals surface area contributed by atoms with Gasteiger partial charge in [0.25, 0.3) is 0 Å². The molecule has 6 nitrogen and oxygen atoms in total. The molecule has 1 aromatic heterocycles. The number of nitrogens with one attached hydrogen (secondary N) is 1. The highest BCUT2D eigenvalue weighted by atomic mass is 15.3. The van der Waals surface area contributed by atoms with Crippen LogP contribution in [-0.2, 0) is 6.42 Å². The van der Waals surface area contributed by atoms with Crippen LogP contribution in [0.15, 0.2) is 24.3 Å². The zero-order chi connectivity index (χ0) is 15.4. The zero-order valence-corrected chi connectivity index (χ0v) is 12.4. The molecule has 0 aliphatic heterocycles. The molecular weight excluding hydrogens is 264 g/mol. The van der Waals surface area contributed by atoms with Crippen molar-refractivity contribution in [2.75, 3.05) is 17.4 Å². The van der Waals surface area contributed by atoms with Gasteiger partial charge < -0.3 is 10.3 Å². The Bertz CT molecular complexity index is 689. The highest BCUT2D eigenvalue weighted by Crippen LogP contribution is 2.28. The van der Waals surface area contributed by atoms with Gasteiger partial charge in [0.05, 0.1) is 11.6 Å². The Labute approximate surface area is 124 Å². The minimum atomic E-state index is 0.610. The lowest BCUT2D eigenvalue weighted by atomic mass is 10.2. The summed E-state index contributed by atoms with van der Waals surface area (Å²) in [4.78, 5) is 10.8. The second-order valence-electron chi connectivity index (χ2n) is 4.66. The molecule has 0 fully saturated rings. The fourth-order valence-corrected chi connectivity index (χ4v) is 2.08. The van der Waals surface area contributed by atoms with E-state index in [-0.39, 0.29) is 0 Å². The van der Waals surface area contributed by atoms with E-state index >= 15 is 0 Å². The predicted octanol–water partition coefficient (Wildman–Crippen LogP) is 2.27. The van der Waals surface area contributed by atoms with Crippen LogP contribution >= 0.6 is 0 Å². The topological polar surface area (TPSA) is 90.9 Å². The van der Waals surface area contributed by atoms with E-state index in [4.69, 9.17) is 11.1 Å². The van der Waals surface area contributed by atoms with Crippen molar-refractivity contribution < 1.29 is 0 Å². The highest BCUT2D eigenvalue weighted by molar-refractivity contribution is 5.67. The molecule has 21 heavy (non-hydrogen) atoms. The second kappa shape index (κ2) is 6.20. The lowest BCUT2D eigenvalue weighted by molar-refractivity contribution is 0.913. The first-order valence-electron chi connectivity index (χ1n) is 6.68. The summed E-state index contributed by atoms with van der Waals surface area (Å²) in [6.07, 6.45) is 0.716. The molecule has 3 N–H and O–H groups in total. The molecule has 0 aliphatic carbocycles. The first-order chi connectivity index (χ1) is 10.1. The zero-order valence-electron chi connectivity index (χ0n) is 12.4. The number of nitrogens with zero attached hydrogens (tertiary/aromatic N) is 4. The molecular formula is C15H18N6. The summed E-state index contributed by atoms with van der Waals surface area (Å²) in [6, 6.07) is 9.52. The van der Waals surface area contributed by atoms with Crippen LogP contribution in [0.4, 0.5) is 17.3 Å². The van der Waals surface area contributed by atoms with Gasteiger partial charge in [0.2, 0.25) is 0 Å². The molecule has 0 amide bonds. The van der Waals surface area contributed by atoms with Gasteiger partial charge in [-0.05, 0) is 25.1 Å². The molecule has 0 saturated heterocycles. The van der Waals surface area contributed by atoms with Gasteiger partial charge in [-0.3, -0.25) is 0 Å². The molecule has 0 spiro atoms. The maximum atomic E-state index is 9.01. The van der Waals surface area contributed by atoms with Crippen LogP contribution in [0.3, 0.4) is 0 Å². The Hall–Kier alpha value is -2.65. The molecule has 1 aromatic carbocycles. The molecule has 2 rings (SSSR count). The first kappa shape index (κ1) is 14.8. The van der Waals surface area contributed by atoms with Crippen LogP contribution in [0.5, 0.6) is 0 Å². The lowest BCUT2D eigenvalue weighted by Gasteiger charge is -2.22. The number of hydrogen-bond acceptors (Lipinski definition) is 6. The number of aromatic nitrogens is 2. The van der Waals surface area contributed by atoms with E-state index in [9.17, 15) is 0 Å². The SMILES string of the molecule is CCc1nc(NN)c(C)c(N(C)c2cccc(C#N)c2)n1. The third kappa shape index (κ3) is 2.93. The minimum absolute atomic E-state index is 0.610. The fourth-order valence-electron chi connectivity index (χ4n) is 2.08. The summed E-state index contributed by atoms with van der Waals surface area (Å²) < 4.78 is 0. The third-order valence-corrected chi connectivity index (χ3v) is 3.30. The van der Waals surface area contributed by atoms with E-state index in [1.165, 1.54) is 0 Å². The summed E-state index contributed by atoms with van der Waals surface area (Å²) in [5, 5.41) is 9.01. The number of anilines is 3. The van der Waals surface area contributed by atoms with Crippen LogP contribution in [-0.4, -0.2) is 17.0 Å². The van der Waals surface area contributed by atoms with Crippen LogP contribution in [0.1, 0.15) is 23.9 Å². The van der Waals surface area contributed by atoms with Crippen LogP contribution < -0.4 is 16.2 Å². The summed E-state index contributed by atoms with van der Waals surface area (Å²) >= 11 is 0. The Balaban J connectivity index is 2.51. The largest absolute Gasteiger partial charge is 0.329 e. The second-order valence-corrected chi connectivity index (χ2v) is 4.66. The van der Waals surface area contributed by atoms with Crippen molar-refractivity contribution in [2.45, 2.75) is 20.3 Å². The normalized spacial score (nSPS) is 10.0. The average molecular weight is 282 g/mol. The lowest BCUT2D eigenvalue weighted by Crippen LogP contribution is -2.18. The van der Waals surface area contributed by atoms with Crippen molar-refractivity contribution in [3.63, 3.8) is 0 Å². The van der Waals surface area contributed by atoms with Crippen LogP contribution in [0.25, 0.3) is 0 Å². The molecule has 1 heterocycles. The third-order valence-electron chi connectivity index (χ3n) is 3.30. The fraction of sp³-hybridized carbons (Fsp3) is 0.267. The van der Waals surface area contributed by atoms with Crippen molar-refractivity contribution >= 4 is 17.3 Å². The summed E-state index contributed by atoms with van der Waals surface area (Å²) in [6.45, 7) is 3.90. The number of nitriles is 1. The molecule has 2 aromatic rings. The van der Waals surface area contributed by atoms with Gasteiger partial charge in [0.15, 0.2) is 0 Å². The Morgan fingerprint density at radius 2 is 2.14 bits per heavy atom. The Morgan fingerprint density at radius 1 is 1.38 bits per heavy atom. The molecule has 0 aliphatic rings. The Morgan fingerprint density at radius 3 is 2.76 bits per heavy atom. The van der Waals surface area contributed by atoms with E-state index in [2.05, 4.69) is 21.5 Å². The minimum Gasteiger partial charge on any atom is -0.329 e. The van der Waals surface area contributed by atoms with Gasteiger partial charge in [-0.25, -0.2) is 15.8 Å². The van der Waals surface area contributed by atoms with Gasteiger partial charge in [0, 0.05) is 24.7 Å². The van der Waals surface area contributed by atoms with Crippen molar-refractivity contribution in [1.82, 2.24) is 9.97 Å². The number of benzene rings is 1. The van der Waals surface area contributed by atoms with Crippen molar-refractivity contribution in [3.05, 3.63) is 41.2 Å². The maximum Gasteiger partial charge on any atom is 0.148 e. The van der Waals surface area contributed by atoms with Gasteiger partial charge in [-0.2, -0.15) is 5.26 Å². The number of aryl methyl sites for hydroxylation is 1. The average Bonchev–Trinajstić information content (AvgIpc) is 2.54. The van der Waals surface area contributed by atoms with E-state index in [1.807, 2.05) is 44.0 Å². The summed E-state index contributed by atoms with van der Waals surface area (Å²) in [5.74, 6) is 7.62. The highest BCUT2D eigenvalue weighted by Gasteiger charge is 2.14. The molecule has 108 valence electrons. The van der Waals surface area contributed by atoms with Crippen LogP contribution in [0, 0.1) is 18.3 Å². The van der Waals surface area contributed by atoms with Crippen LogP contribution in [0.2, 0.25) is 0 Å². The molecule has 6 heteroatoms. The van der Waals surface area contributed by atoms with Crippen molar-refractivity contribution in [3.8, 4) is 6.07 Å². The van der Waals surface area contributed by atoms with E-state index in [1.54, 1.807) is 6.07 Å². The number of hydrazine groups is 1. The summed E-state index contributed by atoms with van der Waals surface area (Å²) in [5.41, 5.74) is 4.97. The first-order valence-corrected chi connectivity index (χ1v) is 6.68. The quantitative estimate of drug-likeness (QED) is 0.660. The smallest absolute Gasteiger partial charge is 0.148 e. The number of rotatable bonds is 4. The Kier molecular flexibility index (Phi) is 4.36. The van der Waals surface area contributed by atoms with Gasteiger partial charge in [-0.15, -0.1) is 0 Å². The monoisotopic (exact) mass is 282 g/mol. The van der Waals surface area contributed by atoms with Gasteiger partial charge in [0.1, 0.15) is 17.5 Å². The van der Waals surface area contributed by atoms with E-state index in [0.29, 0.717) is 23.6 Å². The summed E-state index contributed by atoms with van der Waals surface area (Å²) in [7, 11) is 1.91.